The predicted molar refractivity (Wildman–Crippen MR) is 88.8 cm³/mol. The molecule has 0 bridgehead atoms. The number of fused-ring (bicyclic) bond motifs is 1. The maximum Gasteiger partial charge on any atom is 0.371 e. The van der Waals surface area contributed by atoms with Gasteiger partial charge in [0.2, 0.25) is 5.76 Å². The fourth-order valence-electron chi connectivity index (χ4n) is 2.45. The van der Waals surface area contributed by atoms with Crippen LogP contribution >= 0.6 is 11.8 Å². The number of aryl methyl sites for hydroxylation is 2. The number of aromatic carboxylic acids is 1. The second-order valence-electron chi connectivity index (χ2n) is 5.14. The number of rotatable bonds is 5. The topological polar surface area (TPSA) is 50.4 Å². The van der Waals surface area contributed by atoms with Crippen molar-refractivity contribution in [2.24, 2.45) is 0 Å². The molecule has 0 radical (unpaired) electrons. The van der Waals surface area contributed by atoms with Crippen LogP contribution in [-0.4, -0.2) is 17.3 Å². The first-order valence-corrected chi connectivity index (χ1v) is 8.27. The van der Waals surface area contributed by atoms with Gasteiger partial charge in [0.05, 0.1) is 0 Å². The van der Waals surface area contributed by atoms with Gasteiger partial charge in [-0.05, 0) is 54.5 Å². The van der Waals surface area contributed by atoms with Crippen LogP contribution in [-0.2, 0) is 12.8 Å². The molecule has 0 unspecified atom stereocenters. The molecule has 0 saturated heterocycles. The fourth-order valence-corrected chi connectivity index (χ4v) is 2.94. The van der Waals surface area contributed by atoms with Gasteiger partial charge in [0, 0.05) is 10.3 Å². The van der Waals surface area contributed by atoms with E-state index in [2.05, 4.69) is 30.5 Å². The van der Waals surface area contributed by atoms with Crippen molar-refractivity contribution < 1.29 is 14.3 Å². The minimum atomic E-state index is -1.04. The van der Waals surface area contributed by atoms with Gasteiger partial charge in [-0.3, -0.25) is 0 Å². The molecule has 3 rings (SSSR count). The minimum absolute atomic E-state index is 0.0141. The molecule has 0 saturated carbocycles. The van der Waals surface area contributed by atoms with E-state index in [1.54, 1.807) is 17.8 Å². The summed E-state index contributed by atoms with van der Waals surface area (Å²) >= 11 is 1.74. The highest BCUT2D eigenvalue weighted by Crippen LogP contribution is 2.22. The number of hydrogen-bond acceptors (Lipinski definition) is 3. The first-order chi connectivity index (χ1) is 10.7. The third kappa shape index (κ3) is 3.17. The third-order valence-corrected chi connectivity index (χ3v) is 4.36. The predicted octanol–water partition coefficient (Wildman–Crippen LogP) is 4.64. The summed E-state index contributed by atoms with van der Waals surface area (Å²) in [6, 6.07) is 16.0. The summed E-state index contributed by atoms with van der Waals surface area (Å²) in [7, 11) is 0. The van der Waals surface area contributed by atoms with Gasteiger partial charge < -0.3 is 9.52 Å². The van der Waals surface area contributed by atoms with Crippen LogP contribution < -0.4 is 0 Å². The molecule has 1 aromatic heterocycles. The van der Waals surface area contributed by atoms with E-state index in [9.17, 15) is 4.79 Å². The SMILES string of the molecule is CSc1cccc(CCc2ccc3cc(C(=O)O)oc3c2)c1. The molecule has 0 spiro atoms. The van der Waals surface area contributed by atoms with Gasteiger partial charge in [0.1, 0.15) is 5.58 Å². The molecule has 3 nitrogen and oxygen atoms in total. The summed E-state index contributed by atoms with van der Waals surface area (Å²) in [5, 5.41) is 9.79. The zero-order valence-electron chi connectivity index (χ0n) is 12.2. The summed E-state index contributed by atoms with van der Waals surface area (Å²) in [6.07, 6.45) is 3.92. The lowest BCUT2D eigenvalue weighted by Crippen LogP contribution is -1.91. The van der Waals surface area contributed by atoms with E-state index >= 15 is 0 Å². The monoisotopic (exact) mass is 312 g/mol. The molecule has 112 valence electrons. The fraction of sp³-hybridized carbons (Fsp3) is 0.167. The normalized spacial score (nSPS) is 11.0. The van der Waals surface area contributed by atoms with Crippen molar-refractivity contribution in [2.75, 3.05) is 6.26 Å². The summed E-state index contributed by atoms with van der Waals surface area (Å²) in [5.74, 6) is -1.05. The molecule has 0 aliphatic heterocycles. The molecule has 0 fully saturated rings. The van der Waals surface area contributed by atoms with E-state index in [1.807, 2.05) is 18.2 Å². The lowest BCUT2D eigenvalue weighted by Gasteiger charge is -2.04. The molecule has 22 heavy (non-hydrogen) atoms. The van der Waals surface area contributed by atoms with E-state index < -0.39 is 5.97 Å². The Labute approximate surface area is 133 Å². The maximum atomic E-state index is 10.9. The maximum absolute atomic E-state index is 10.9. The van der Waals surface area contributed by atoms with Crippen molar-refractivity contribution in [1.82, 2.24) is 0 Å². The molecule has 2 aromatic carbocycles. The molecule has 1 heterocycles. The largest absolute Gasteiger partial charge is 0.475 e. The lowest BCUT2D eigenvalue weighted by molar-refractivity contribution is 0.0665. The highest BCUT2D eigenvalue weighted by atomic mass is 32.2. The van der Waals surface area contributed by atoms with Crippen LogP contribution in [0, 0.1) is 0 Å². The van der Waals surface area contributed by atoms with Crippen LogP contribution in [0.15, 0.2) is 57.8 Å². The second-order valence-corrected chi connectivity index (χ2v) is 6.02. The molecule has 3 aromatic rings. The molecule has 0 aliphatic rings. The van der Waals surface area contributed by atoms with Crippen LogP contribution in [0.1, 0.15) is 21.7 Å². The van der Waals surface area contributed by atoms with E-state index in [0.717, 1.165) is 23.8 Å². The first kappa shape index (κ1) is 14.7. The van der Waals surface area contributed by atoms with Gasteiger partial charge in [-0.25, -0.2) is 4.79 Å². The molecule has 0 aliphatic carbocycles. The van der Waals surface area contributed by atoms with Crippen molar-refractivity contribution in [3.8, 4) is 0 Å². The van der Waals surface area contributed by atoms with Gasteiger partial charge in [0.15, 0.2) is 0 Å². The Morgan fingerprint density at radius 2 is 1.86 bits per heavy atom. The Hall–Kier alpha value is -2.20. The molecule has 0 amide bonds. The van der Waals surface area contributed by atoms with Gasteiger partial charge in [-0.2, -0.15) is 0 Å². The highest BCUT2D eigenvalue weighted by molar-refractivity contribution is 7.98. The van der Waals surface area contributed by atoms with Crippen molar-refractivity contribution in [3.05, 3.63) is 65.4 Å². The Kier molecular flexibility index (Phi) is 4.20. The molecule has 0 atom stereocenters. The van der Waals surface area contributed by atoms with Gasteiger partial charge in [-0.15, -0.1) is 11.8 Å². The number of carboxylic acids is 1. The van der Waals surface area contributed by atoms with Gasteiger partial charge in [0.25, 0.3) is 0 Å². The van der Waals surface area contributed by atoms with Gasteiger partial charge >= 0.3 is 5.97 Å². The Bertz CT molecular complexity index is 820. The zero-order chi connectivity index (χ0) is 15.5. The number of thioether (sulfide) groups is 1. The van der Waals surface area contributed by atoms with Crippen LogP contribution in [0.2, 0.25) is 0 Å². The average molecular weight is 312 g/mol. The van der Waals surface area contributed by atoms with Crippen molar-refractivity contribution in [2.45, 2.75) is 17.7 Å². The Morgan fingerprint density at radius 3 is 2.59 bits per heavy atom. The minimum Gasteiger partial charge on any atom is -0.475 e. The van der Waals surface area contributed by atoms with Crippen LogP contribution in [0.4, 0.5) is 0 Å². The van der Waals surface area contributed by atoms with Crippen molar-refractivity contribution in [3.63, 3.8) is 0 Å². The van der Waals surface area contributed by atoms with E-state index in [1.165, 1.54) is 10.5 Å². The quantitative estimate of drug-likeness (QED) is 0.697. The summed E-state index contributed by atoms with van der Waals surface area (Å²) < 4.78 is 5.36. The Balaban J connectivity index is 1.77. The Morgan fingerprint density at radius 1 is 1.09 bits per heavy atom. The third-order valence-electron chi connectivity index (χ3n) is 3.63. The smallest absolute Gasteiger partial charge is 0.371 e. The number of hydrogen-bond donors (Lipinski definition) is 1. The molecular weight excluding hydrogens is 296 g/mol. The van der Waals surface area contributed by atoms with E-state index in [4.69, 9.17) is 9.52 Å². The summed E-state index contributed by atoms with van der Waals surface area (Å²) in [6.45, 7) is 0. The zero-order valence-corrected chi connectivity index (χ0v) is 13.0. The second kappa shape index (κ2) is 6.28. The molecular formula is C18H16O3S. The van der Waals surface area contributed by atoms with Crippen LogP contribution in [0.5, 0.6) is 0 Å². The number of carbonyl (C=O) groups is 1. The van der Waals surface area contributed by atoms with Crippen molar-refractivity contribution >= 4 is 28.7 Å². The number of benzene rings is 2. The van der Waals surface area contributed by atoms with Gasteiger partial charge in [-0.1, -0.05) is 24.3 Å². The molecule has 4 heteroatoms. The van der Waals surface area contributed by atoms with E-state index in [-0.39, 0.29) is 5.76 Å². The van der Waals surface area contributed by atoms with Crippen molar-refractivity contribution in [1.29, 1.82) is 0 Å². The number of carboxylic acid groups (broad SMARTS) is 1. The van der Waals surface area contributed by atoms with Crippen LogP contribution in [0.25, 0.3) is 11.0 Å². The number of furan rings is 1. The summed E-state index contributed by atoms with van der Waals surface area (Å²) in [5.41, 5.74) is 3.08. The van der Waals surface area contributed by atoms with E-state index in [0.29, 0.717) is 5.58 Å². The first-order valence-electron chi connectivity index (χ1n) is 7.04. The standard InChI is InChI=1S/C18H16O3S/c1-22-15-4-2-3-12(9-15)5-6-13-7-8-14-11-17(18(19)20)21-16(14)10-13/h2-4,7-11H,5-6H2,1H3,(H,19,20). The average Bonchev–Trinajstić information content (AvgIpc) is 2.96. The lowest BCUT2D eigenvalue weighted by atomic mass is 10.0. The van der Waals surface area contributed by atoms with Crippen LogP contribution in [0.3, 0.4) is 0 Å². The molecule has 1 N–H and O–H groups in total. The highest BCUT2D eigenvalue weighted by Gasteiger charge is 2.10. The summed E-state index contributed by atoms with van der Waals surface area (Å²) in [4.78, 5) is 12.2.